The molecule has 3 heterocycles. The van der Waals surface area contributed by atoms with Crippen molar-refractivity contribution in [1.29, 1.82) is 0 Å². The summed E-state index contributed by atoms with van der Waals surface area (Å²) in [5, 5.41) is 8.50. The number of aromatic nitrogens is 3. The Bertz CT molecular complexity index is 1410. The van der Waals surface area contributed by atoms with Gasteiger partial charge in [-0.3, -0.25) is 4.40 Å². The summed E-state index contributed by atoms with van der Waals surface area (Å²) in [5.74, 6) is 0.960. The molecule has 0 fully saturated rings. The van der Waals surface area contributed by atoms with Crippen LogP contribution in [0.5, 0.6) is 0 Å². The highest BCUT2D eigenvalue weighted by Crippen LogP contribution is 2.29. The smallest absolute Gasteiger partial charge is 0.318 e. The van der Waals surface area contributed by atoms with E-state index in [1.54, 1.807) is 37.7 Å². The van der Waals surface area contributed by atoms with Crippen LogP contribution in [-0.4, -0.2) is 27.4 Å². The maximum absolute atomic E-state index is 14.1. The van der Waals surface area contributed by atoms with Gasteiger partial charge < -0.3 is 20.4 Å². The fourth-order valence-electron chi connectivity index (χ4n) is 3.53. The predicted octanol–water partition coefficient (Wildman–Crippen LogP) is 4.65. The van der Waals surface area contributed by atoms with Gasteiger partial charge >= 0.3 is 6.03 Å². The Kier molecular flexibility index (Phi) is 4.91. The normalized spacial score (nSPS) is 11.1. The van der Waals surface area contributed by atoms with Gasteiger partial charge in [0, 0.05) is 24.4 Å². The lowest BCUT2D eigenvalue weighted by molar-refractivity contribution is 0.254. The summed E-state index contributed by atoms with van der Waals surface area (Å²) in [7, 11) is 1.55. The molecule has 0 saturated heterocycles. The number of anilines is 2. The number of furan rings is 1. The first-order chi connectivity index (χ1) is 15.6. The first-order valence-electron chi connectivity index (χ1n) is 9.94. The second kappa shape index (κ2) is 8.03. The molecule has 2 amide bonds. The van der Waals surface area contributed by atoms with E-state index in [4.69, 9.17) is 4.42 Å². The highest BCUT2D eigenvalue weighted by molar-refractivity contribution is 5.90. The average molecular weight is 430 g/mol. The van der Waals surface area contributed by atoms with E-state index in [1.807, 2.05) is 28.7 Å². The standard InChI is InChI=1S/C23H19FN6O2/c1-25-23(31)28-16-7-4-14(5-8-16)20-13-27-22-21(26-12-17-3-2-10-32-17)29-18-9-6-15(24)11-19(18)30(20)22/h2-11,13H,12H2,1H3,(H,26,29)(H2,25,28,31). The number of hydrogen-bond donors (Lipinski definition) is 3. The van der Waals surface area contributed by atoms with E-state index in [9.17, 15) is 9.18 Å². The van der Waals surface area contributed by atoms with Crippen molar-refractivity contribution in [2.75, 3.05) is 17.7 Å². The van der Waals surface area contributed by atoms with Crippen LogP contribution < -0.4 is 16.0 Å². The molecule has 0 radical (unpaired) electrons. The summed E-state index contributed by atoms with van der Waals surface area (Å²) in [4.78, 5) is 20.8. The number of urea groups is 1. The topological polar surface area (TPSA) is 96.5 Å². The number of carbonyl (C=O) groups is 1. The minimum Gasteiger partial charge on any atom is -0.467 e. The highest BCUT2D eigenvalue weighted by Gasteiger charge is 2.16. The van der Waals surface area contributed by atoms with Gasteiger partial charge in [0.25, 0.3) is 0 Å². The van der Waals surface area contributed by atoms with E-state index in [-0.39, 0.29) is 11.8 Å². The molecule has 3 aromatic heterocycles. The van der Waals surface area contributed by atoms with Gasteiger partial charge in [0.1, 0.15) is 11.6 Å². The van der Waals surface area contributed by atoms with Crippen molar-refractivity contribution in [3.63, 3.8) is 0 Å². The molecule has 0 unspecified atom stereocenters. The van der Waals surface area contributed by atoms with E-state index in [0.29, 0.717) is 34.7 Å². The summed E-state index contributed by atoms with van der Waals surface area (Å²) in [6.07, 6.45) is 3.33. The average Bonchev–Trinajstić information content (AvgIpc) is 3.48. The number of rotatable bonds is 5. The second-order valence-electron chi connectivity index (χ2n) is 7.11. The molecule has 0 bridgehead atoms. The zero-order chi connectivity index (χ0) is 22.1. The van der Waals surface area contributed by atoms with Crippen molar-refractivity contribution < 1.29 is 13.6 Å². The van der Waals surface area contributed by atoms with Crippen LogP contribution in [0.1, 0.15) is 5.76 Å². The van der Waals surface area contributed by atoms with Gasteiger partial charge in [0.15, 0.2) is 11.5 Å². The number of benzene rings is 2. The largest absolute Gasteiger partial charge is 0.467 e. The molecule has 0 aliphatic heterocycles. The molecule has 32 heavy (non-hydrogen) atoms. The number of amides is 2. The number of fused-ring (bicyclic) bond motifs is 3. The number of nitrogens with zero attached hydrogens (tertiary/aromatic N) is 3. The van der Waals surface area contributed by atoms with Crippen LogP contribution in [0.2, 0.25) is 0 Å². The van der Waals surface area contributed by atoms with Crippen molar-refractivity contribution in [2.45, 2.75) is 6.54 Å². The summed E-state index contributed by atoms with van der Waals surface area (Å²) in [5.41, 5.74) is 4.07. The van der Waals surface area contributed by atoms with Gasteiger partial charge in [0.2, 0.25) is 0 Å². The van der Waals surface area contributed by atoms with Gasteiger partial charge in [-0.05, 0) is 36.4 Å². The van der Waals surface area contributed by atoms with Crippen LogP contribution >= 0.6 is 0 Å². The minimum absolute atomic E-state index is 0.299. The molecule has 5 rings (SSSR count). The van der Waals surface area contributed by atoms with Gasteiger partial charge in [-0.2, -0.15) is 0 Å². The van der Waals surface area contributed by atoms with Crippen molar-refractivity contribution in [3.8, 4) is 11.3 Å². The maximum Gasteiger partial charge on any atom is 0.318 e. The van der Waals surface area contributed by atoms with Crippen LogP contribution in [-0.2, 0) is 6.54 Å². The van der Waals surface area contributed by atoms with E-state index >= 15 is 0 Å². The zero-order valence-corrected chi connectivity index (χ0v) is 17.1. The van der Waals surface area contributed by atoms with E-state index in [1.165, 1.54) is 12.1 Å². The number of imidazole rings is 1. The molecule has 0 saturated carbocycles. The summed E-state index contributed by atoms with van der Waals surface area (Å²) < 4.78 is 21.4. The monoisotopic (exact) mass is 430 g/mol. The lowest BCUT2D eigenvalue weighted by Crippen LogP contribution is -2.24. The first kappa shape index (κ1) is 19.6. The molecule has 160 valence electrons. The third-order valence-electron chi connectivity index (χ3n) is 5.06. The Morgan fingerprint density at radius 2 is 2.00 bits per heavy atom. The third-order valence-corrected chi connectivity index (χ3v) is 5.06. The molecule has 0 spiro atoms. The van der Waals surface area contributed by atoms with Crippen molar-refractivity contribution in [2.24, 2.45) is 0 Å². The molecule has 3 N–H and O–H groups in total. The summed E-state index contributed by atoms with van der Waals surface area (Å²) in [6.45, 7) is 0.435. The molecule has 9 heteroatoms. The van der Waals surface area contributed by atoms with Gasteiger partial charge in [0.05, 0.1) is 35.7 Å². The zero-order valence-electron chi connectivity index (χ0n) is 17.1. The number of hydrogen-bond acceptors (Lipinski definition) is 5. The number of nitrogens with one attached hydrogen (secondary N) is 3. The lowest BCUT2D eigenvalue weighted by Gasteiger charge is -2.11. The molecule has 5 aromatic rings. The fourth-order valence-corrected chi connectivity index (χ4v) is 3.53. The number of carbonyl (C=O) groups excluding carboxylic acids is 1. The van der Waals surface area contributed by atoms with Crippen molar-refractivity contribution >= 4 is 34.2 Å². The highest BCUT2D eigenvalue weighted by atomic mass is 19.1. The second-order valence-corrected chi connectivity index (χ2v) is 7.11. The SMILES string of the molecule is CNC(=O)Nc1ccc(-c2cnc3c(NCc4ccco4)nc4ccc(F)cc4n23)cc1. The van der Waals surface area contributed by atoms with E-state index in [2.05, 4.69) is 25.9 Å². The summed E-state index contributed by atoms with van der Waals surface area (Å²) >= 11 is 0. The lowest BCUT2D eigenvalue weighted by atomic mass is 10.1. The van der Waals surface area contributed by atoms with Gasteiger partial charge in [-0.25, -0.2) is 19.2 Å². The van der Waals surface area contributed by atoms with Crippen LogP contribution in [0, 0.1) is 5.82 Å². The van der Waals surface area contributed by atoms with E-state index < -0.39 is 0 Å². The molecule has 0 atom stereocenters. The van der Waals surface area contributed by atoms with Crippen LogP contribution in [0.3, 0.4) is 0 Å². The van der Waals surface area contributed by atoms with Crippen LogP contribution in [0.4, 0.5) is 20.7 Å². The Morgan fingerprint density at radius 1 is 1.16 bits per heavy atom. The summed E-state index contributed by atoms with van der Waals surface area (Å²) in [6, 6.07) is 15.2. The Balaban J connectivity index is 1.61. The predicted molar refractivity (Wildman–Crippen MR) is 120 cm³/mol. The molecule has 0 aliphatic carbocycles. The first-order valence-corrected chi connectivity index (χ1v) is 9.94. The maximum atomic E-state index is 14.1. The van der Waals surface area contributed by atoms with Crippen molar-refractivity contribution in [1.82, 2.24) is 19.7 Å². The van der Waals surface area contributed by atoms with Gasteiger partial charge in [-0.15, -0.1) is 0 Å². The minimum atomic E-state index is -0.360. The Labute approximate surface area is 182 Å². The molecule has 8 nitrogen and oxygen atoms in total. The number of halogens is 1. The molecule has 0 aliphatic rings. The Hall–Kier alpha value is -4.40. The van der Waals surface area contributed by atoms with Gasteiger partial charge in [-0.1, -0.05) is 12.1 Å². The third kappa shape index (κ3) is 3.60. The Morgan fingerprint density at radius 3 is 2.75 bits per heavy atom. The molecular formula is C23H19FN6O2. The van der Waals surface area contributed by atoms with Crippen LogP contribution in [0.15, 0.2) is 71.5 Å². The van der Waals surface area contributed by atoms with Crippen molar-refractivity contribution in [3.05, 3.63) is 78.6 Å². The quantitative estimate of drug-likeness (QED) is 0.377. The molecular weight excluding hydrogens is 411 g/mol. The fraction of sp³-hybridized carbons (Fsp3) is 0.0870. The van der Waals surface area contributed by atoms with Crippen LogP contribution in [0.25, 0.3) is 27.9 Å². The van der Waals surface area contributed by atoms with E-state index in [0.717, 1.165) is 17.0 Å². The molecule has 2 aromatic carbocycles.